The van der Waals surface area contributed by atoms with E-state index in [1.54, 1.807) is 0 Å². The Morgan fingerprint density at radius 1 is 0.694 bits per heavy atom. The molecule has 2 saturated heterocycles. The number of sulfonamides is 1. The first-order valence-electron chi connectivity index (χ1n) is 14.5. The number of nitro groups is 1. The van der Waals surface area contributed by atoms with Crippen LogP contribution in [0.4, 0.5) is 5.69 Å². The Labute approximate surface area is 280 Å². The van der Waals surface area contributed by atoms with Gasteiger partial charge in [-0.3, -0.25) is 29.3 Å². The van der Waals surface area contributed by atoms with Crippen LogP contribution < -0.4 is 4.72 Å². The maximum absolute atomic E-state index is 13.2. The van der Waals surface area contributed by atoms with Gasteiger partial charge >= 0.3 is 23.9 Å². The molecule has 2 aliphatic rings. The summed E-state index contributed by atoms with van der Waals surface area (Å²) in [5, 5.41) is 11.0. The van der Waals surface area contributed by atoms with Gasteiger partial charge in [0.1, 0.15) is 24.4 Å². The molecule has 0 radical (unpaired) electrons. The van der Waals surface area contributed by atoms with Gasteiger partial charge in [-0.2, -0.15) is 0 Å². The van der Waals surface area contributed by atoms with Crippen LogP contribution in [0.2, 0.25) is 0 Å². The van der Waals surface area contributed by atoms with Gasteiger partial charge in [-0.1, -0.05) is 0 Å². The molecule has 21 heteroatoms. The number of rotatable bonds is 14. The van der Waals surface area contributed by atoms with Gasteiger partial charge in [-0.25, -0.2) is 13.1 Å². The van der Waals surface area contributed by atoms with E-state index in [9.17, 15) is 37.7 Å². The van der Waals surface area contributed by atoms with Crippen LogP contribution in [0.15, 0.2) is 29.2 Å². The molecule has 2 aliphatic heterocycles. The molecule has 0 aliphatic carbocycles. The largest absolute Gasteiger partial charge is 0.454 e. The summed E-state index contributed by atoms with van der Waals surface area (Å²) in [6, 6.07) is 4.10. The Balaban J connectivity index is 2.05. The number of ether oxygens (including phenoxy) is 10. The third-order valence-corrected chi connectivity index (χ3v) is 8.57. The highest BCUT2D eigenvalue weighted by molar-refractivity contribution is 7.89. The van der Waals surface area contributed by atoms with Gasteiger partial charge in [0.15, 0.2) is 18.5 Å². The number of hydrogen-bond acceptors (Lipinski definition) is 18. The summed E-state index contributed by atoms with van der Waals surface area (Å²) in [6.45, 7) is 3.59. The monoisotopic (exact) mass is 722 g/mol. The van der Waals surface area contributed by atoms with Crippen molar-refractivity contribution in [1.82, 2.24) is 4.72 Å². The van der Waals surface area contributed by atoms with E-state index in [2.05, 4.69) is 4.72 Å². The predicted molar refractivity (Wildman–Crippen MR) is 158 cm³/mol. The molecule has 3 rings (SSSR count). The Bertz CT molecular complexity index is 1460. The van der Waals surface area contributed by atoms with Crippen LogP contribution in [0, 0.1) is 10.1 Å². The van der Waals surface area contributed by atoms with Gasteiger partial charge in [-0.15, -0.1) is 0 Å². The van der Waals surface area contributed by atoms with Crippen molar-refractivity contribution in [3.63, 3.8) is 0 Å². The smallest absolute Gasteiger partial charge is 0.305 e. The number of carbonyl (C=O) groups is 4. The van der Waals surface area contributed by atoms with Crippen LogP contribution in [0.3, 0.4) is 0 Å². The Kier molecular flexibility index (Phi) is 13.9. The fourth-order valence-electron chi connectivity index (χ4n) is 5.20. The molecule has 0 bridgehead atoms. The SMILES string of the molecule is CO[C@H]1O[C@H](CNS(=O)(=O)c2ccc([N+](=O)[O-])cc2)[C@@H](O[C@H]2O[C@@H](OC(C)=O)[C@@H](OC(C)=O)[C@H](OC(C)=O)[C@@H]2OC(C)=O)[C@H](OC)[C@H]1OC. The summed E-state index contributed by atoms with van der Waals surface area (Å²) in [7, 11) is -0.401. The van der Waals surface area contributed by atoms with E-state index in [0.29, 0.717) is 0 Å². The molecule has 0 amide bonds. The Hall–Kier alpha value is -3.83. The van der Waals surface area contributed by atoms with Crippen molar-refractivity contribution in [3.05, 3.63) is 34.4 Å². The molecule has 0 aromatic heterocycles. The van der Waals surface area contributed by atoms with Gasteiger partial charge in [0.2, 0.25) is 28.7 Å². The number of nitro benzene ring substituents is 1. The highest BCUT2D eigenvalue weighted by Crippen LogP contribution is 2.35. The summed E-state index contributed by atoms with van der Waals surface area (Å²) in [6.07, 6.45) is -14.4. The summed E-state index contributed by atoms with van der Waals surface area (Å²) in [5.74, 6) is -3.60. The van der Waals surface area contributed by atoms with Gasteiger partial charge in [0.05, 0.1) is 9.82 Å². The van der Waals surface area contributed by atoms with Crippen molar-refractivity contribution in [2.24, 2.45) is 0 Å². The third-order valence-electron chi connectivity index (χ3n) is 7.13. The van der Waals surface area contributed by atoms with Gasteiger partial charge in [0.25, 0.3) is 5.69 Å². The second-order valence-corrected chi connectivity index (χ2v) is 12.4. The Morgan fingerprint density at radius 3 is 1.67 bits per heavy atom. The molecule has 1 aromatic carbocycles. The zero-order chi connectivity index (χ0) is 36.6. The molecule has 49 heavy (non-hydrogen) atoms. The van der Waals surface area contributed by atoms with E-state index in [1.165, 1.54) is 21.3 Å². The molecule has 20 nitrogen and oxygen atoms in total. The Morgan fingerprint density at radius 2 is 1.20 bits per heavy atom. The minimum absolute atomic E-state index is 0.303. The standard InChI is InChI=1S/C28H38N2O18S/c1-13(31)42-22-24(43-14(2)32)27(45-16(4)34)48-28(25(22)44-15(3)33)47-20-19(46-26(41-7)23(40-6)21(20)39-5)12-29-49(37,38)18-10-8-17(9-11-18)30(35)36/h8-11,19-29H,12H2,1-7H3/t19-,20-,21+,22+,23-,24+,25+,26+,27-,28+/m1/s1. The molecule has 0 unspecified atom stereocenters. The average Bonchev–Trinajstić information content (AvgIpc) is 3.02. The lowest BCUT2D eigenvalue weighted by atomic mass is 9.97. The molecule has 1 N–H and O–H groups in total. The van der Waals surface area contributed by atoms with Crippen molar-refractivity contribution in [1.29, 1.82) is 0 Å². The second kappa shape index (κ2) is 17.2. The molecular weight excluding hydrogens is 684 g/mol. The van der Waals surface area contributed by atoms with Crippen LogP contribution in [0.25, 0.3) is 0 Å². The summed E-state index contributed by atoms with van der Waals surface area (Å²) >= 11 is 0. The molecule has 0 saturated carbocycles. The maximum Gasteiger partial charge on any atom is 0.305 e. The highest BCUT2D eigenvalue weighted by atomic mass is 32.2. The normalized spacial score (nSPS) is 30.1. The van der Waals surface area contributed by atoms with E-state index >= 15 is 0 Å². The minimum Gasteiger partial charge on any atom is -0.454 e. The van der Waals surface area contributed by atoms with Crippen LogP contribution >= 0.6 is 0 Å². The number of nitrogens with one attached hydrogen (secondary N) is 1. The number of methoxy groups -OCH3 is 3. The van der Waals surface area contributed by atoms with Crippen LogP contribution in [0.5, 0.6) is 0 Å². The molecule has 2 fully saturated rings. The number of non-ortho nitro benzene ring substituents is 1. The molecule has 0 spiro atoms. The topological polar surface area (TPSA) is 250 Å². The fraction of sp³-hybridized carbons (Fsp3) is 0.643. The summed E-state index contributed by atoms with van der Waals surface area (Å²) in [5.41, 5.74) is -0.329. The first kappa shape index (κ1) is 39.6. The summed E-state index contributed by atoms with van der Waals surface area (Å²) < 4.78 is 84.8. The maximum atomic E-state index is 13.2. The lowest BCUT2D eigenvalue weighted by Gasteiger charge is -2.48. The number of benzene rings is 1. The van der Waals surface area contributed by atoms with Crippen molar-refractivity contribution >= 4 is 39.6 Å². The summed E-state index contributed by atoms with van der Waals surface area (Å²) in [4.78, 5) is 58.5. The quantitative estimate of drug-likeness (QED) is 0.112. The van der Waals surface area contributed by atoms with Crippen LogP contribution in [-0.2, 0) is 76.6 Å². The lowest BCUT2D eigenvalue weighted by molar-refractivity contribution is -0.384. The number of nitrogens with zero attached hydrogens (tertiary/aromatic N) is 1. The third kappa shape index (κ3) is 10.1. The fourth-order valence-corrected chi connectivity index (χ4v) is 6.24. The minimum atomic E-state index is -4.30. The second-order valence-electron chi connectivity index (χ2n) is 10.6. The van der Waals surface area contributed by atoms with Gasteiger partial charge in [0, 0.05) is 67.7 Å². The number of carbonyl (C=O) groups excluding carboxylic acids is 4. The van der Waals surface area contributed by atoms with Crippen molar-refractivity contribution in [2.75, 3.05) is 27.9 Å². The van der Waals surface area contributed by atoms with E-state index < -0.39 is 107 Å². The number of esters is 4. The molecule has 2 heterocycles. The van der Waals surface area contributed by atoms with E-state index in [4.69, 9.17) is 47.4 Å². The zero-order valence-corrected chi connectivity index (χ0v) is 28.3. The van der Waals surface area contributed by atoms with Crippen LogP contribution in [-0.4, -0.2) is 127 Å². The van der Waals surface area contributed by atoms with Crippen LogP contribution in [0.1, 0.15) is 27.7 Å². The van der Waals surface area contributed by atoms with E-state index in [-0.39, 0.29) is 10.6 Å². The predicted octanol–water partition coefficient (Wildman–Crippen LogP) is -0.300. The van der Waals surface area contributed by atoms with Crippen molar-refractivity contribution < 1.29 is 79.9 Å². The first-order chi connectivity index (χ1) is 23.0. The zero-order valence-electron chi connectivity index (χ0n) is 27.5. The van der Waals surface area contributed by atoms with E-state index in [1.807, 2.05) is 0 Å². The first-order valence-corrected chi connectivity index (χ1v) is 16.0. The molecule has 10 atom stereocenters. The van der Waals surface area contributed by atoms with Gasteiger partial charge in [-0.05, 0) is 12.1 Å². The molecule has 1 aromatic rings. The van der Waals surface area contributed by atoms with E-state index in [0.717, 1.165) is 52.0 Å². The van der Waals surface area contributed by atoms with Gasteiger partial charge < -0.3 is 47.4 Å². The lowest BCUT2D eigenvalue weighted by Crippen LogP contribution is -2.67. The average molecular weight is 723 g/mol. The van der Waals surface area contributed by atoms with Crippen molar-refractivity contribution in [2.45, 2.75) is 94.2 Å². The molecule has 274 valence electrons. The van der Waals surface area contributed by atoms with Crippen molar-refractivity contribution in [3.8, 4) is 0 Å². The highest BCUT2D eigenvalue weighted by Gasteiger charge is 2.57. The number of hydrogen-bond donors (Lipinski definition) is 1. The molecular formula is C28H38N2O18S.